The number of carbonyl (C=O) groups excluding carboxylic acids is 1. The van der Waals surface area contributed by atoms with E-state index in [2.05, 4.69) is 26.6 Å². The Bertz CT molecular complexity index is 662. The fourth-order valence-corrected chi connectivity index (χ4v) is 1.85. The van der Waals surface area contributed by atoms with Crippen molar-refractivity contribution in [3.8, 4) is 0 Å². The summed E-state index contributed by atoms with van der Waals surface area (Å²) in [5.41, 5.74) is 1.29. The van der Waals surface area contributed by atoms with Crippen LogP contribution in [-0.2, 0) is 0 Å². The molecule has 104 valence electrons. The summed E-state index contributed by atoms with van der Waals surface area (Å²) in [4.78, 5) is 11.7. The molecule has 0 fully saturated rings. The van der Waals surface area contributed by atoms with Crippen LogP contribution < -0.4 is 10.6 Å². The second kappa shape index (κ2) is 6.00. The summed E-state index contributed by atoms with van der Waals surface area (Å²) in [6.07, 6.45) is 0. The molecule has 0 bridgehead atoms. The van der Waals surface area contributed by atoms with E-state index in [9.17, 15) is 13.6 Å². The van der Waals surface area contributed by atoms with E-state index in [0.29, 0.717) is 5.69 Å². The van der Waals surface area contributed by atoms with Crippen molar-refractivity contribution in [2.45, 2.75) is 6.92 Å². The maximum absolute atomic E-state index is 13.4. The van der Waals surface area contributed by atoms with E-state index in [1.165, 1.54) is 0 Å². The van der Waals surface area contributed by atoms with Crippen LogP contribution in [0.3, 0.4) is 0 Å². The Kier molecular flexibility index (Phi) is 4.34. The maximum Gasteiger partial charge on any atom is 0.323 e. The van der Waals surface area contributed by atoms with Crippen molar-refractivity contribution in [1.82, 2.24) is 0 Å². The number of urea groups is 1. The highest BCUT2D eigenvalue weighted by atomic mass is 79.9. The molecule has 2 N–H and O–H groups in total. The van der Waals surface area contributed by atoms with Crippen molar-refractivity contribution < 1.29 is 13.6 Å². The van der Waals surface area contributed by atoms with Crippen molar-refractivity contribution in [2.24, 2.45) is 0 Å². The standard InChI is InChI=1S/C14H11BrF2N2O/c1-8-6-10(3-4-11(8)15)18-14(20)19-13-7-9(16)2-5-12(13)17/h2-7H,1H3,(H2,18,19,20). The van der Waals surface area contributed by atoms with Gasteiger partial charge in [0.1, 0.15) is 11.6 Å². The molecular weight excluding hydrogens is 330 g/mol. The van der Waals surface area contributed by atoms with E-state index in [-0.39, 0.29) is 5.69 Å². The van der Waals surface area contributed by atoms with E-state index < -0.39 is 17.7 Å². The molecule has 2 aromatic carbocycles. The van der Waals surface area contributed by atoms with Gasteiger partial charge in [0.25, 0.3) is 0 Å². The Morgan fingerprint density at radius 3 is 2.55 bits per heavy atom. The molecule has 0 aliphatic rings. The minimum Gasteiger partial charge on any atom is -0.308 e. The Morgan fingerprint density at radius 1 is 1.10 bits per heavy atom. The third kappa shape index (κ3) is 3.54. The van der Waals surface area contributed by atoms with Crippen LogP contribution in [0, 0.1) is 18.6 Å². The van der Waals surface area contributed by atoms with Crippen LogP contribution in [0.25, 0.3) is 0 Å². The lowest BCUT2D eigenvalue weighted by Crippen LogP contribution is -2.20. The van der Waals surface area contributed by atoms with Crippen molar-refractivity contribution in [3.63, 3.8) is 0 Å². The third-order valence-electron chi connectivity index (χ3n) is 2.59. The number of hydrogen-bond donors (Lipinski definition) is 2. The summed E-state index contributed by atoms with van der Waals surface area (Å²) in [5.74, 6) is -1.32. The molecular formula is C14H11BrF2N2O. The topological polar surface area (TPSA) is 41.1 Å². The maximum atomic E-state index is 13.4. The van der Waals surface area contributed by atoms with Crippen molar-refractivity contribution in [2.75, 3.05) is 10.6 Å². The van der Waals surface area contributed by atoms with Gasteiger partial charge in [-0.3, -0.25) is 0 Å². The van der Waals surface area contributed by atoms with Gasteiger partial charge >= 0.3 is 6.03 Å². The molecule has 0 unspecified atom stereocenters. The molecule has 0 aromatic heterocycles. The number of aryl methyl sites for hydroxylation is 1. The van der Waals surface area contributed by atoms with Crippen LogP contribution in [0.15, 0.2) is 40.9 Å². The van der Waals surface area contributed by atoms with Crippen LogP contribution in [0.4, 0.5) is 25.0 Å². The summed E-state index contributed by atoms with van der Waals surface area (Å²) in [5, 5.41) is 4.80. The molecule has 0 heterocycles. The molecule has 0 radical (unpaired) electrons. The summed E-state index contributed by atoms with van der Waals surface area (Å²) < 4.78 is 27.3. The molecule has 0 saturated heterocycles. The molecule has 6 heteroatoms. The average Bonchev–Trinajstić information content (AvgIpc) is 2.38. The minimum absolute atomic E-state index is 0.212. The first kappa shape index (κ1) is 14.5. The van der Waals surface area contributed by atoms with Crippen molar-refractivity contribution in [1.29, 1.82) is 0 Å². The van der Waals surface area contributed by atoms with E-state index in [1.54, 1.807) is 18.2 Å². The highest BCUT2D eigenvalue weighted by Gasteiger charge is 2.08. The number of benzene rings is 2. The summed E-state index contributed by atoms with van der Waals surface area (Å²) in [6, 6.07) is 7.45. The monoisotopic (exact) mass is 340 g/mol. The van der Waals surface area contributed by atoms with Gasteiger partial charge in [-0.2, -0.15) is 0 Å². The zero-order chi connectivity index (χ0) is 14.7. The van der Waals surface area contributed by atoms with Crippen LogP contribution >= 0.6 is 15.9 Å². The van der Waals surface area contributed by atoms with Crippen molar-refractivity contribution >= 4 is 33.3 Å². The number of nitrogens with one attached hydrogen (secondary N) is 2. The SMILES string of the molecule is Cc1cc(NC(=O)Nc2cc(F)ccc2F)ccc1Br. The molecule has 3 nitrogen and oxygen atoms in total. The molecule has 0 atom stereocenters. The van der Waals surface area contributed by atoms with Gasteiger partial charge < -0.3 is 10.6 Å². The second-order valence-electron chi connectivity index (χ2n) is 4.17. The minimum atomic E-state index is -0.700. The van der Waals surface area contributed by atoms with Crippen LogP contribution in [0.1, 0.15) is 5.56 Å². The Labute approximate surface area is 123 Å². The molecule has 20 heavy (non-hydrogen) atoms. The lowest BCUT2D eigenvalue weighted by Gasteiger charge is -2.09. The fraction of sp³-hybridized carbons (Fsp3) is 0.0714. The normalized spacial score (nSPS) is 10.2. The zero-order valence-electron chi connectivity index (χ0n) is 10.5. The number of anilines is 2. The van der Waals surface area contributed by atoms with Gasteiger partial charge in [0.2, 0.25) is 0 Å². The second-order valence-corrected chi connectivity index (χ2v) is 5.02. The van der Waals surface area contributed by atoms with Gasteiger partial charge in [0.05, 0.1) is 5.69 Å². The van der Waals surface area contributed by atoms with E-state index in [0.717, 1.165) is 28.2 Å². The smallest absolute Gasteiger partial charge is 0.308 e. The number of hydrogen-bond acceptors (Lipinski definition) is 1. The molecule has 2 rings (SSSR count). The first-order valence-corrected chi connectivity index (χ1v) is 6.54. The Balaban J connectivity index is 2.09. The van der Waals surface area contributed by atoms with E-state index in [1.807, 2.05) is 6.92 Å². The molecule has 2 amide bonds. The first-order valence-electron chi connectivity index (χ1n) is 5.75. The average molecular weight is 341 g/mol. The quantitative estimate of drug-likeness (QED) is 0.818. The number of carbonyl (C=O) groups is 1. The van der Waals surface area contributed by atoms with E-state index >= 15 is 0 Å². The zero-order valence-corrected chi connectivity index (χ0v) is 12.1. The summed E-state index contributed by atoms with van der Waals surface area (Å²) >= 11 is 3.35. The van der Waals surface area contributed by atoms with Gasteiger partial charge in [-0.05, 0) is 42.8 Å². The molecule has 0 aliphatic carbocycles. The fourth-order valence-electron chi connectivity index (χ4n) is 1.60. The van der Waals surface area contributed by atoms with Gasteiger partial charge in [0.15, 0.2) is 0 Å². The van der Waals surface area contributed by atoms with Gasteiger partial charge in [-0.25, -0.2) is 13.6 Å². The summed E-state index contributed by atoms with van der Waals surface area (Å²) in [6.45, 7) is 1.87. The first-order chi connectivity index (χ1) is 9.45. The van der Waals surface area contributed by atoms with Gasteiger partial charge in [-0.1, -0.05) is 15.9 Å². The lowest BCUT2D eigenvalue weighted by atomic mass is 10.2. The predicted octanol–water partition coefficient (Wildman–Crippen LogP) is 4.68. The predicted molar refractivity (Wildman–Crippen MR) is 77.9 cm³/mol. The highest BCUT2D eigenvalue weighted by Crippen LogP contribution is 2.20. The number of rotatable bonds is 2. The Hall–Kier alpha value is -1.95. The molecule has 0 spiro atoms. The molecule has 2 aromatic rings. The van der Waals surface area contributed by atoms with Crippen LogP contribution in [-0.4, -0.2) is 6.03 Å². The van der Waals surface area contributed by atoms with Crippen LogP contribution in [0.5, 0.6) is 0 Å². The lowest BCUT2D eigenvalue weighted by molar-refractivity contribution is 0.262. The van der Waals surface area contributed by atoms with Crippen LogP contribution in [0.2, 0.25) is 0 Å². The summed E-state index contributed by atoms with van der Waals surface area (Å²) in [7, 11) is 0. The Morgan fingerprint density at radius 2 is 1.85 bits per heavy atom. The third-order valence-corrected chi connectivity index (χ3v) is 3.48. The van der Waals surface area contributed by atoms with Crippen molar-refractivity contribution in [3.05, 3.63) is 58.1 Å². The van der Waals surface area contributed by atoms with Gasteiger partial charge in [-0.15, -0.1) is 0 Å². The van der Waals surface area contributed by atoms with Gasteiger partial charge in [0, 0.05) is 16.2 Å². The molecule has 0 aliphatic heterocycles. The number of halogens is 3. The largest absolute Gasteiger partial charge is 0.323 e. The molecule has 0 saturated carbocycles. The highest BCUT2D eigenvalue weighted by molar-refractivity contribution is 9.10. The number of amides is 2. The van der Waals surface area contributed by atoms with E-state index in [4.69, 9.17) is 0 Å².